The van der Waals surface area contributed by atoms with Crippen LogP contribution in [0.25, 0.3) is 0 Å². The van der Waals surface area contributed by atoms with Crippen LogP contribution in [-0.2, 0) is 25.7 Å². The largest absolute Gasteiger partial charge is 0.497 e. The molecule has 0 saturated heterocycles. The van der Waals surface area contributed by atoms with Crippen LogP contribution in [0.1, 0.15) is 151 Å². The van der Waals surface area contributed by atoms with Gasteiger partial charge >= 0.3 is 0 Å². The second-order valence-corrected chi connectivity index (χ2v) is 16.5. The van der Waals surface area contributed by atoms with Crippen molar-refractivity contribution in [2.45, 2.75) is 154 Å². The maximum Gasteiger partial charge on any atom is 0.118 e. The highest BCUT2D eigenvalue weighted by molar-refractivity contribution is 5.29. The summed E-state index contributed by atoms with van der Waals surface area (Å²) in [5.74, 6) is 3.78. The highest BCUT2D eigenvalue weighted by atomic mass is 16.5. The van der Waals surface area contributed by atoms with Crippen LogP contribution >= 0.6 is 0 Å². The van der Waals surface area contributed by atoms with E-state index in [1.165, 1.54) is 176 Å². The smallest absolute Gasteiger partial charge is 0.118 e. The lowest BCUT2D eigenvalue weighted by atomic mass is 9.70. The maximum absolute atomic E-state index is 5.36. The van der Waals surface area contributed by atoms with Crippen molar-refractivity contribution >= 4 is 0 Å². The minimum atomic E-state index is 0.484. The highest BCUT2D eigenvalue weighted by Gasteiger charge is 2.28. The molecule has 0 aliphatic rings. The van der Waals surface area contributed by atoms with Crippen molar-refractivity contribution < 1.29 is 18.9 Å². The molecule has 0 atom stereocenters. The van der Waals surface area contributed by atoms with Crippen molar-refractivity contribution in [1.82, 2.24) is 0 Å². The zero-order valence-corrected chi connectivity index (χ0v) is 36.3. The molecule has 0 spiro atoms. The number of ether oxygens (including phenoxy) is 4. The number of benzene rings is 4. The molecule has 0 unspecified atom stereocenters. The summed E-state index contributed by atoms with van der Waals surface area (Å²) < 4.78 is 21.5. The topological polar surface area (TPSA) is 36.9 Å². The predicted molar refractivity (Wildman–Crippen MR) is 242 cm³/mol. The molecule has 0 saturated carbocycles. The van der Waals surface area contributed by atoms with Crippen LogP contribution < -0.4 is 18.9 Å². The van der Waals surface area contributed by atoms with Crippen LogP contribution in [0, 0.1) is 5.41 Å². The first kappa shape index (κ1) is 45.8. The molecule has 0 heterocycles. The molecule has 57 heavy (non-hydrogen) atoms. The van der Waals surface area contributed by atoms with Gasteiger partial charge in [0.2, 0.25) is 0 Å². The molecular formula is C53H76O4. The molecule has 312 valence electrons. The molecule has 4 aromatic rings. The first-order valence-electron chi connectivity index (χ1n) is 22.6. The zero-order valence-electron chi connectivity index (χ0n) is 36.3. The summed E-state index contributed by atoms with van der Waals surface area (Å²) in [6.07, 6.45) is 31.5. The molecule has 4 nitrogen and oxygen atoms in total. The molecule has 4 aromatic carbocycles. The van der Waals surface area contributed by atoms with Gasteiger partial charge in [-0.3, -0.25) is 0 Å². The fraction of sp³-hybridized carbons (Fsp3) is 0.547. The molecule has 4 rings (SSSR count). The van der Waals surface area contributed by atoms with E-state index in [1.54, 1.807) is 28.4 Å². The molecule has 0 aliphatic heterocycles. The molecule has 0 bridgehead atoms. The second kappa shape index (κ2) is 27.7. The zero-order chi connectivity index (χ0) is 40.2. The quantitative estimate of drug-likeness (QED) is 0.0463. The lowest BCUT2D eigenvalue weighted by molar-refractivity contribution is 0.171. The van der Waals surface area contributed by atoms with E-state index in [0.29, 0.717) is 5.41 Å². The van der Waals surface area contributed by atoms with Crippen molar-refractivity contribution in [3.8, 4) is 23.0 Å². The number of methoxy groups -OCH3 is 4. The van der Waals surface area contributed by atoms with Crippen molar-refractivity contribution in [3.05, 3.63) is 119 Å². The summed E-state index contributed by atoms with van der Waals surface area (Å²) >= 11 is 0. The fourth-order valence-electron chi connectivity index (χ4n) is 8.65. The summed E-state index contributed by atoms with van der Waals surface area (Å²) in [7, 11) is 6.97. The average Bonchev–Trinajstić information content (AvgIpc) is 3.26. The highest BCUT2D eigenvalue weighted by Crippen LogP contribution is 2.42. The van der Waals surface area contributed by atoms with Crippen molar-refractivity contribution in [2.75, 3.05) is 28.4 Å². The van der Waals surface area contributed by atoms with E-state index in [0.717, 1.165) is 23.0 Å². The Bertz CT molecular complexity index is 1320. The van der Waals surface area contributed by atoms with Crippen LogP contribution in [-0.4, -0.2) is 28.4 Å². The number of hydrogen-bond acceptors (Lipinski definition) is 4. The summed E-state index contributed by atoms with van der Waals surface area (Å²) in [5.41, 5.74) is 6.19. The SMILES string of the molecule is COc1ccc(CCCCCCC(CCCCCCc2ccc(OC)cc2)(CCCCCCc2ccc(OC)cc2)CCCCCCc2ccc(OC)cc2)cc1. The Balaban J connectivity index is 1.29. The van der Waals surface area contributed by atoms with Gasteiger partial charge in [0.1, 0.15) is 23.0 Å². The Morgan fingerprint density at radius 1 is 0.263 bits per heavy atom. The summed E-state index contributed by atoms with van der Waals surface area (Å²) in [6.45, 7) is 0. The van der Waals surface area contributed by atoms with E-state index in [4.69, 9.17) is 18.9 Å². The van der Waals surface area contributed by atoms with E-state index < -0.39 is 0 Å². The number of rotatable bonds is 32. The van der Waals surface area contributed by atoms with E-state index in [1.807, 2.05) is 0 Å². The Morgan fingerprint density at radius 3 is 0.649 bits per heavy atom. The Morgan fingerprint density at radius 2 is 0.456 bits per heavy atom. The molecule has 0 radical (unpaired) electrons. The third-order valence-electron chi connectivity index (χ3n) is 12.3. The predicted octanol–water partition coefficient (Wildman–Crippen LogP) is 14.8. The first-order valence-corrected chi connectivity index (χ1v) is 22.6. The molecule has 0 aromatic heterocycles. The first-order chi connectivity index (χ1) is 28.0. The van der Waals surface area contributed by atoms with Crippen LogP contribution in [0.5, 0.6) is 23.0 Å². The monoisotopic (exact) mass is 777 g/mol. The Labute approximate surface area is 348 Å². The van der Waals surface area contributed by atoms with Crippen LogP contribution in [0.15, 0.2) is 97.1 Å². The lowest BCUT2D eigenvalue weighted by Crippen LogP contribution is -2.21. The van der Waals surface area contributed by atoms with E-state index in [9.17, 15) is 0 Å². The normalized spacial score (nSPS) is 11.4. The van der Waals surface area contributed by atoms with Crippen LogP contribution in [0.2, 0.25) is 0 Å². The van der Waals surface area contributed by atoms with Gasteiger partial charge in [-0.1, -0.05) is 126 Å². The van der Waals surface area contributed by atoms with Gasteiger partial charge in [-0.2, -0.15) is 0 Å². The third kappa shape index (κ3) is 18.5. The minimum Gasteiger partial charge on any atom is -0.497 e. The van der Waals surface area contributed by atoms with E-state index >= 15 is 0 Å². The maximum atomic E-state index is 5.36. The van der Waals surface area contributed by atoms with Crippen LogP contribution in [0.4, 0.5) is 0 Å². The van der Waals surface area contributed by atoms with Gasteiger partial charge < -0.3 is 18.9 Å². The number of hydrogen-bond donors (Lipinski definition) is 0. The number of aryl methyl sites for hydroxylation is 4. The van der Waals surface area contributed by atoms with Gasteiger partial charge in [-0.25, -0.2) is 0 Å². The van der Waals surface area contributed by atoms with Crippen molar-refractivity contribution in [2.24, 2.45) is 5.41 Å². The summed E-state index contributed by atoms with van der Waals surface area (Å²) in [4.78, 5) is 0. The Hall–Kier alpha value is -3.92. The molecule has 0 amide bonds. The molecule has 0 N–H and O–H groups in total. The summed E-state index contributed by atoms with van der Waals surface area (Å²) in [6, 6.07) is 34.6. The molecular weight excluding hydrogens is 701 g/mol. The van der Waals surface area contributed by atoms with Gasteiger partial charge in [0.25, 0.3) is 0 Å². The van der Waals surface area contributed by atoms with Gasteiger partial charge in [0.05, 0.1) is 28.4 Å². The second-order valence-electron chi connectivity index (χ2n) is 16.5. The fourth-order valence-corrected chi connectivity index (χ4v) is 8.65. The lowest BCUT2D eigenvalue weighted by Gasteiger charge is -2.35. The molecule has 0 fully saturated rings. The van der Waals surface area contributed by atoms with Gasteiger partial charge in [0, 0.05) is 0 Å². The van der Waals surface area contributed by atoms with E-state index in [-0.39, 0.29) is 0 Å². The minimum absolute atomic E-state index is 0.484. The third-order valence-corrected chi connectivity index (χ3v) is 12.3. The van der Waals surface area contributed by atoms with E-state index in [2.05, 4.69) is 97.1 Å². The van der Waals surface area contributed by atoms with Gasteiger partial charge in [0.15, 0.2) is 0 Å². The van der Waals surface area contributed by atoms with Crippen molar-refractivity contribution in [3.63, 3.8) is 0 Å². The molecule has 4 heteroatoms. The van der Waals surface area contributed by atoms with Gasteiger partial charge in [-0.15, -0.1) is 0 Å². The molecule has 0 aliphatic carbocycles. The standard InChI is InChI=1S/C53H76O4/c1-54-49-33-25-45(26-34-49)21-13-5-9-17-41-53(42-18-10-6-14-22-46-27-35-50(55-2)36-28-46,43-19-11-7-15-23-47-29-37-51(56-3)38-30-47)44-20-12-8-16-24-48-31-39-52(57-4)40-32-48/h25-40H,5-24,41-44H2,1-4H3. The van der Waals surface area contributed by atoms with Crippen molar-refractivity contribution in [1.29, 1.82) is 0 Å². The summed E-state index contributed by atoms with van der Waals surface area (Å²) in [5, 5.41) is 0. The Kier molecular flexibility index (Phi) is 22.2. The van der Waals surface area contributed by atoms with Crippen LogP contribution in [0.3, 0.4) is 0 Å². The van der Waals surface area contributed by atoms with Gasteiger partial charge in [-0.05, 0) is 153 Å². The average molecular weight is 777 g/mol. The number of unbranched alkanes of at least 4 members (excludes halogenated alkanes) is 12.